The molecule has 0 aromatic carbocycles. The molecule has 1 heterocycles. The summed E-state index contributed by atoms with van der Waals surface area (Å²) in [4.78, 5) is 4.31. The van der Waals surface area contributed by atoms with Crippen LogP contribution >= 0.6 is 0 Å². The number of nitrogens with one attached hydrogen (secondary N) is 1. The Balaban J connectivity index is 1.94. The highest BCUT2D eigenvalue weighted by molar-refractivity contribution is 5.43. The maximum absolute atomic E-state index is 8.78. The van der Waals surface area contributed by atoms with Gasteiger partial charge in [0.2, 0.25) is 0 Å². The van der Waals surface area contributed by atoms with Gasteiger partial charge < -0.3 is 11.1 Å². The molecule has 0 spiro atoms. The van der Waals surface area contributed by atoms with E-state index >= 15 is 0 Å². The second-order valence-electron chi connectivity index (χ2n) is 4.32. The van der Waals surface area contributed by atoms with E-state index in [0.29, 0.717) is 11.5 Å². The lowest BCUT2D eigenvalue weighted by Gasteiger charge is -2.12. The molecule has 16 heavy (non-hydrogen) atoms. The number of pyridine rings is 1. The first-order valence-corrected chi connectivity index (χ1v) is 5.58. The first kappa shape index (κ1) is 10.9. The molecular formula is C12H16N4. The van der Waals surface area contributed by atoms with Gasteiger partial charge in [-0.05, 0) is 37.8 Å². The monoisotopic (exact) mass is 216 g/mol. The Bertz CT molecular complexity index is 418. The van der Waals surface area contributed by atoms with Gasteiger partial charge in [0.25, 0.3) is 0 Å². The molecule has 84 valence electrons. The van der Waals surface area contributed by atoms with Gasteiger partial charge in [-0.3, -0.25) is 0 Å². The van der Waals surface area contributed by atoms with E-state index in [0.717, 1.165) is 18.1 Å². The fourth-order valence-electron chi connectivity index (χ4n) is 1.69. The van der Waals surface area contributed by atoms with Gasteiger partial charge in [0.1, 0.15) is 11.9 Å². The molecule has 2 rings (SSSR count). The Morgan fingerprint density at radius 2 is 2.38 bits per heavy atom. The lowest BCUT2D eigenvalue weighted by atomic mass is 10.2. The quantitative estimate of drug-likeness (QED) is 0.798. The zero-order valence-electron chi connectivity index (χ0n) is 9.40. The van der Waals surface area contributed by atoms with Crippen molar-refractivity contribution >= 4 is 5.82 Å². The molecule has 0 bridgehead atoms. The average Bonchev–Trinajstić information content (AvgIpc) is 3.10. The normalized spacial score (nSPS) is 16.6. The Kier molecular flexibility index (Phi) is 3.07. The van der Waals surface area contributed by atoms with Crippen molar-refractivity contribution in [2.24, 2.45) is 11.7 Å². The molecule has 0 radical (unpaired) electrons. The average molecular weight is 216 g/mol. The van der Waals surface area contributed by atoms with Crippen LogP contribution in [0.3, 0.4) is 0 Å². The standard InChI is InChI=1S/C12H16N4/c1-8-10(6-13)4-5-12(16-8)15-7-11(14)9-2-3-9/h4-5,9,11H,2-3,7,14H2,1H3,(H,15,16). The SMILES string of the molecule is Cc1nc(NCC(N)C2CC2)ccc1C#N. The fraction of sp³-hybridized carbons (Fsp3) is 0.500. The van der Waals surface area contributed by atoms with Crippen LogP contribution < -0.4 is 11.1 Å². The van der Waals surface area contributed by atoms with E-state index in [4.69, 9.17) is 11.0 Å². The fourth-order valence-corrected chi connectivity index (χ4v) is 1.69. The van der Waals surface area contributed by atoms with E-state index in [2.05, 4.69) is 16.4 Å². The molecule has 1 saturated carbocycles. The van der Waals surface area contributed by atoms with Crippen molar-refractivity contribution in [1.82, 2.24) is 4.98 Å². The third-order valence-electron chi connectivity index (χ3n) is 2.95. The summed E-state index contributed by atoms with van der Waals surface area (Å²) in [6.45, 7) is 2.59. The van der Waals surface area contributed by atoms with Crippen LogP contribution in [0.4, 0.5) is 5.82 Å². The van der Waals surface area contributed by atoms with Crippen molar-refractivity contribution in [3.63, 3.8) is 0 Å². The number of anilines is 1. The Morgan fingerprint density at radius 1 is 1.62 bits per heavy atom. The number of aryl methyl sites for hydroxylation is 1. The Hall–Kier alpha value is -1.60. The summed E-state index contributed by atoms with van der Waals surface area (Å²) >= 11 is 0. The largest absolute Gasteiger partial charge is 0.368 e. The van der Waals surface area contributed by atoms with E-state index in [-0.39, 0.29) is 6.04 Å². The highest BCUT2D eigenvalue weighted by Gasteiger charge is 2.28. The van der Waals surface area contributed by atoms with Crippen LogP contribution in [0.5, 0.6) is 0 Å². The number of rotatable bonds is 4. The summed E-state index contributed by atoms with van der Waals surface area (Å²) in [7, 11) is 0. The minimum absolute atomic E-state index is 0.220. The molecule has 1 aromatic rings. The predicted molar refractivity (Wildman–Crippen MR) is 62.9 cm³/mol. The molecule has 1 aliphatic rings. The zero-order chi connectivity index (χ0) is 11.5. The zero-order valence-corrected chi connectivity index (χ0v) is 9.40. The summed E-state index contributed by atoms with van der Waals surface area (Å²) < 4.78 is 0. The maximum atomic E-state index is 8.78. The number of hydrogen-bond acceptors (Lipinski definition) is 4. The smallest absolute Gasteiger partial charge is 0.126 e. The number of nitrogens with zero attached hydrogens (tertiary/aromatic N) is 2. The summed E-state index contributed by atoms with van der Waals surface area (Å²) in [6.07, 6.45) is 2.51. The van der Waals surface area contributed by atoms with Crippen LogP contribution in [-0.2, 0) is 0 Å². The molecule has 0 saturated heterocycles. The van der Waals surface area contributed by atoms with E-state index < -0.39 is 0 Å². The van der Waals surface area contributed by atoms with Crippen LogP contribution in [0.25, 0.3) is 0 Å². The molecule has 4 heteroatoms. The second-order valence-corrected chi connectivity index (χ2v) is 4.32. The van der Waals surface area contributed by atoms with Crippen molar-refractivity contribution in [3.8, 4) is 6.07 Å². The molecule has 1 aromatic heterocycles. The molecule has 1 unspecified atom stereocenters. The van der Waals surface area contributed by atoms with E-state index in [1.54, 1.807) is 6.07 Å². The third-order valence-corrected chi connectivity index (χ3v) is 2.95. The molecule has 0 aliphatic heterocycles. The summed E-state index contributed by atoms with van der Waals surface area (Å²) in [5.41, 5.74) is 7.36. The number of nitriles is 1. The van der Waals surface area contributed by atoms with Crippen LogP contribution in [0.15, 0.2) is 12.1 Å². The molecular weight excluding hydrogens is 200 g/mol. The molecule has 0 amide bonds. The van der Waals surface area contributed by atoms with Gasteiger partial charge >= 0.3 is 0 Å². The van der Waals surface area contributed by atoms with E-state index in [1.165, 1.54) is 12.8 Å². The minimum Gasteiger partial charge on any atom is -0.368 e. The number of nitrogens with two attached hydrogens (primary N) is 1. The van der Waals surface area contributed by atoms with Gasteiger partial charge in [0.15, 0.2) is 0 Å². The predicted octanol–water partition coefficient (Wildman–Crippen LogP) is 1.41. The van der Waals surface area contributed by atoms with Gasteiger partial charge in [-0.15, -0.1) is 0 Å². The summed E-state index contributed by atoms with van der Waals surface area (Å²) in [6, 6.07) is 5.93. The van der Waals surface area contributed by atoms with E-state index in [9.17, 15) is 0 Å². The van der Waals surface area contributed by atoms with Gasteiger partial charge in [-0.1, -0.05) is 0 Å². The van der Waals surface area contributed by atoms with Gasteiger partial charge in [-0.2, -0.15) is 5.26 Å². The van der Waals surface area contributed by atoms with Gasteiger partial charge in [0, 0.05) is 12.6 Å². The van der Waals surface area contributed by atoms with Crippen molar-refractivity contribution in [1.29, 1.82) is 5.26 Å². The van der Waals surface area contributed by atoms with E-state index in [1.807, 2.05) is 13.0 Å². The lowest BCUT2D eigenvalue weighted by molar-refractivity contribution is 0.620. The lowest BCUT2D eigenvalue weighted by Crippen LogP contribution is -2.31. The number of aromatic nitrogens is 1. The summed E-state index contributed by atoms with van der Waals surface area (Å²) in [5, 5.41) is 12.0. The first-order valence-electron chi connectivity index (χ1n) is 5.58. The van der Waals surface area contributed by atoms with Crippen LogP contribution in [0.1, 0.15) is 24.1 Å². The molecule has 4 nitrogen and oxygen atoms in total. The molecule has 3 N–H and O–H groups in total. The van der Waals surface area contributed by atoms with Crippen LogP contribution in [0, 0.1) is 24.2 Å². The number of hydrogen-bond donors (Lipinski definition) is 2. The van der Waals surface area contributed by atoms with Crippen LogP contribution in [0.2, 0.25) is 0 Å². The van der Waals surface area contributed by atoms with Crippen molar-refractivity contribution < 1.29 is 0 Å². The molecule has 1 aliphatic carbocycles. The summed E-state index contributed by atoms with van der Waals surface area (Å²) in [5.74, 6) is 1.49. The first-order chi connectivity index (χ1) is 7.70. The minimum atomic E-state index is 0.220. The van der Waals surface area contributed by atoms with Gasteiger partial charge in [-0.25, -0.2) is 4.98 Å². The van der Waals surface area contributed by atoms with Crippen LogP contribution in [-0.4, -0.2) is 17.6 Å². The second kappa shape index (κ2) is 4.50. The Morgan fingerprint density at radius 3 is 2.94 bits per heavy atom. The highest BCUT2D eigenvalue weighted by Crippen LogP contribution is 2.31. The van der Waals surface area contributed by atoms with Crippen molar-refractivity contribution in [2.75, 3.05) is 11.9 Å². The molecule has 1 fully saturated rings. The maximum Gasteiger partial charge on any atom is 0.126 e. The van der Waals surface area contributed by atoms with Crippen molar-refractivity contribution in [2.45, 2.75) is 25.8 Å². The molecule has 1 atom stereocenters. The van der Waals surface area contributed by atoms with Crippen molar-refractivity contribution in [3.05, 3.63) is 23.4 Å². The topological polar surface area (TPSA) is 74.7 Å². The Labute approximate surface area is 95.5 Å². The third kappa shape index (κ3) is 2.50. The van der Waals surface area contributed by atoms with Gasteiger partial charge in [0.05, 0.1) is 11.3 Å². The highest BCUT2D eigenvalue weighted by atomic mass is 15.0.